The van der Waals surface area contributed by atoms with Gasteiger partial charge in [-0.1, -0.05) is 19.9 Å². The third-order valence-corrected chi connectivity index (χ3v) is 4.57. The quantitative estimate of drug-likeness (QED) is 0.931. The highest BCUT2D eigenvalue weighted by Crippen LogP contribution is 2.37. The van der Waals surface area contributed by atoms with Gasteiger partial charge in [0.1, 0.15) is 11.9 Å². The first-order valence-corrected chi connectivity index (χ1v) is 7.76. The van der Waals surface area contributed by atoms with Crippen molar-refractivity contribution in [3.8, 4) is 5.75 Å². The first kappa shape index (κ1) is 14.3. The van der Waals surface area contributed by atoms with Crippen LogP contribution in [0, 0.1) is 5.41 Å². The molecular weight excluding hydrogens is 260 g/mol. The van der Waals surface area contributed by atoms with Crippen LogP contribution in [0.2, 0.25) is 0 Å². The molecule has 0 aliphatic heterocycles. The number of benzene rings is 1. The summed E-state index contributed by atoms with van der Waals surface area (Å²) in [6, 6.07) is 10.6. The Morgan fingerprint density at radius 3 is 2.95 bits per heavy atom. The van der Waals surface area contributed by atoms with Gasteiger partial charge in [0.25, 0.3) is 0 Å². The van der Waals surface area contributed by atoms with Crippen LogP contribution in [0.5, 0.6) is 5.75 Å². The maximum Gasteiger partial charge on any atom is 0.122 e. The van der Waals surface area contributed by atoms with Crippen LogP contribution >= 0.6 is 0 Å². The summed E-state index contributed by atoms with van der Waals surface area (Å²) in [6.07, 6.45) is 5.54. The fraction of sp³-hybridized carbons (Fsp3) is 0.500. The van der Waals surface area contributed by atoms with E-state index in [0.29, 0.717) is 11.5 Å². The van der Waals surface area contributed by atoms with Crippen molar-refractivity contribution in [3.63, 3.8) is 0 Å². The Morgan fingerprint density at radius 2 is 2.14 bits per heavy atom. The fourth-order valence-corrected chi connectivity index (χ4v) is 3.27. The molecule has 0 bridgehead atoms. The summed E-state index contributed by atoms with van der Waals surface area (Å²) in [5, 5.41) is 4.56. The van der Waals surface area contributed by atoms with Crippen LogP contribution in [0.3, 0.4) is 0 Å². The van der Waals surface area contributed by atoms with E-state index in [1.807, 2.05) is 25.4 Å². The minimum Gasteiger partial charge on any atom is -0.489 e. The van der Waals surface area contributed by atoms with E-state index in [1.165, 1.54) is 12.8 Å². The van der Waals surface area contributed by atoms with Crippen LogP contribution in [0.25, 0.3) is 10.9 Å². The molecule has 3 rings (SSSR count). The summed E-state index contributed by atoms with van der Waals surface area (Å²) < 4.78 is 6.30. The van der Waals surface area contributed by atoms with Crippen molar-refractivity contribution < 1.29 is 4.74 Å². The van der Waals surface area contributed by atoms with E-state index in [1.54, 1.807) is 0 Å². The van der Waals surface area contributed by atoms with Gasteiger partial charge in [-0.25, -0.2) is 0 Å². The first-order valence-electron chi connectivity index (χ1n) is 7.76. The van der Waals surface area contributed by atoms with Crippen molar-refractivity contribution in [1.82, 2.24) is 10.3 Å². The van der Waals surface area contributed by atoms with Crippen molar-refractivity contribution in [1.29, 1.82) is 0 Å². The fourth-order valence-electron chi connectivity index (χ4n) is 3.27. The molecule has 2 aromatic rings. The maximum atomic E-state index is 6.30. The molecule has 2 atom stereocenters. The van der Waals surface area contributed by atoms with E-state index in [9.17, 15) is 0 Å². The number of ether oxygens (including phenoxy) is 1. The molecule has 21 heavy (non-hydrogen) atoms. The van der Waals surface area contributed by atoms with Gasteiger partial charge < -0.3 is 10.1 Å². The number of aromatic nitrogens is 1. The normalized spacial score (nSPS) is 24.9. The van der Waals surface area contributed by atoms with E-state index in [2.05, 4.69) is 42.3 Å². The molecule has 1 aromatic carbocycles. The van der Waals surface area contributed by atoms with Crippen molar-refractivity contribution in [3.05, 3.63) is 36.5 Å². The van der Waals surface area contributed by atoms with E-state index >= 15 is 0 Å². The van der Waals surface area contributed by atoms with E-state index < -0.39 is 0 Å². The summed E-state index contributed by atoms with van der Waals surface area (Å²) >= 11 is 0. The SMILES string of the molecule is CNC1CCC(C)(C)CC1Oc1ccc2cccnc2c1. The van der Waals surface area contributed by atoms with E-state index in [4.69, 9.17) is 4.74 Å². The summed E-state index contributed by atoms with van der Waals surface area (Å²) in [5.74, 6) is 0.921. The molecule has 0 radical (unpaired) electrons. The Kier molecular flexibility index (Phi) is 3.85. The van der Waals surface area contributed by atoms with Crippen LogP contribution < -0.4 is 10.1 Å². The molecule has 1 fully saturated rings. The number of hydrogen-bond donors (Lipinski definition) is 1. The Labute approximate surface area is 126 Å². The molecular formula is C18H24N2O. The Balaban J connectivity index is 1.82. The zero-order valence-corrected chi connectivity index (χ0v) is 13.1. The zero-order chi connectivity index (χ0) is 14.9. The lowest BCUT2D eigenvalue weighted by Crippen LogP contribution is -2.47. The summed E-state index contributed by atoms with van der Waals surface area (Å²) in [5.41, 5.74) is 1.35. The Bertz CT molecular complexity index is 623. The molecule has 1 aliphatic rings. The van der Waals surface area contributed by atoms with Gasteiger partial charge >= 0.3 is 0 Å². The maximum absolute atomic E-state index is 6.30. The second kappa shape index (κ2) is 5.64. The Morgan fingerprint density at radius 1 is 1.29 bits per heavy atom. The molecule has 2 unspecified atom stereocenters. The highest BCUT2D eigenvalue weighted by Gasteiger charge is 2.35. The van der Waals surface area contributed by atoms with Crippen LogP contribution in [0.4, 0.5) is 0 Å². The van der Waals surface area contributed by atoms with Crippen LogP contribution in [-0.2, 0) is 0 Å². The number of hydrogen-bond acceptors (Lipinski definition) is 3. The van der Waals surface area contributed by atoms with Gasteiger partial charge in [-0.2, -0.15) is 0 Å². The molecule has 3 nitrogen and oxygen atoms in total. The summed E-state index contributed by atoms with van der Waals surface area (Å²) in [4.78, 5) is 4.41. The van der Waals surface area contributed by atoms with E-state index in [-0.39, 0.29) is 6.10 Å². The lowest BCUT2D eigenvalue weighted by Gasteiger charge is -2.40. The van der Waals surface area contributed by atoms with Crippen LogP contribution in [0.15, 0.2) is 36.5 Å². The predicted octanol–water partition coefficient (Wildman–Crippen LogP) is 3.78. The predicted molar refractivity (Wildman–Crippen MR) is 86.6 cm³/mol. The monoisotopic (exact) mass is 284 g/mol. The second-order valence-corrected chi connectivity index (χ2v) is 6.82. The average Bonchev–Trinajstić information content (AvgIpc) is 2.46. The second-order valence-electron chi connectivity index (χ2n) is 6.82. The number of nitrogens with one attached hydrogen (secondary N) is 1. The third kappa shape index (κ3) is 3.18. The van der Waals surface area contributed by atoms with Gasteiger partial charge in [-0.3, -0.25) is 4.98 Å². The van der Waals surface area contributed by atoms with Crippen molar-refractivity contribution in [2.75, 3.05) is 7.05 Å². The van der Waals surface area contributed by atoms with Crippen molar-refractivity contribution in [2.45, 2.75) is 45.3 Å². The van der Waals surface area contributed by atoms with Crippen LogP contribution in [-0.4, -0.2) is 24.2 Å². The number of pyridine rings is 1. The smallest absolute Gasteiger partial charge is 0.122 e. The number of fused-ring (bicyclic) bond motifs is 1. The van der Waals surface area contributed by atoms with Gasteiger partial charge in [0.05, 0.1) is 5.52 Å². The molecule has 112 valence electrons. The molecule has 1 N–H and O–H groups in total. The first-order chi connectivity index (χ1) is 10.1. The topological polar surface area (TPSA) is 34.1 Å². The number of likely N-dealkylation sites (N-methyl/N-ethyl adjacent to an activating group) is 1. The van der Waals surface area contributed by atoms with E-state index in [0.717, 1.165) is 23.1 Å². The largest absolute Gasteiger partial charge is 0.489 e. The average molecular weight is 284 g/mol. The minimum atomic E-state index is 0.222. The third-order valence-electron chi connectivity index (χ3n) is 4.57. The lowest BCUT2D eigenvalue weighted by molar-refractivity contribution is 0.0560. The van der Waals surface area contributed by atoms with Crippen molar-refractivity contribution in [2.24, 2.45) is 5.41 Å². The van der Waals surface area contributed by atoms with Gasteiger partial charge in [0, 0.05) is 23.7 Å². The van der Waals surface area contributed by atoms with Crippen molar-refractivity contribution >= 4 is 10.9 Å². The molecule has 1 heterocycles. The van der Waals surface area contributed by atoms with Gasteiger partial charge in [-0.05, 0) is 49.9 Å². The van der Waals surface area contributed by atoms with Gasteiger partial charge in [0.2, 0.25) is 0 Å². The number of rotatable bonds is 3. The molecule has 1 aromatic heterocycles. The van der Waals surface area contributed by atoms with Gasteiger partial charge in [0.15, 0.2) is 0 Å². The zero-order valence-electron chi connectivity index (χ0n) is 13.1. The highest BCUT2D eigenvalue weighted by molar-refractivity contribution is 5.79. The molecule has 0 saturated heterocycles. The molecule has 1 aliphatic carbocycles. The van der Waals surface area contributed by atoms with Gasteiger partial charge in [-0.15, -0.1) is 0 Å². The molecule has 0 spiro atoms. The van der Waals surface area contributed by atoms with Crippen LogP contribution in [0.1, 0.15) is 33.1 Å². The minimum absolute atomic E-state index is 0.222. The molecule has 0 amide bonds. The number of nitrogens with zero attached hydrogens (tertiary/aromatic N) is 1. The molecule has 1 saturated carbocycles. The Hall–Kier alpha value is -1.61. The standard InChI is InChI=1S/C18H24N2O/c1-18(2)9-8-15(19-3)17(12-18)21-14-7-6-13-5-4-10-20-16(13)11-14/h4-7,10-11,15,17,19H,8-9,12H2,1-3H3. The molecule has 3 heteroatoms. The summed E-state index contributed by atoms with van der Waals surface area (Å²) in [7, 11) is 2.03. The lowest BCUT2D eigenvalue weighted by atomic mass is 9.74. The highest BCUT2D eigenvalue weighted by atomic mass is 16.5. The summed E-state index contributed by atoms with van der Waals surface area (Å²) in [6.45, 7) is 4.66.